The molecule has 3 aromatic rings. The number of benzene rings is 2. The Morgan fingerprint density at radius 3 is 2.67 bits per heavy atom. The van der Waals surface area contributed by atoms with Gasteiger partial charge >= 0.3 is 0 Å². The smallest absolute Gasteiger partial charge is 0.233 e. The van der Waals surface area contributed by atoms with Crippen LogP contribution in [0.15, 0.2) is 53.7 Å². The fourth-order valence-electron chi connectivity index (χ4n) is 3.37. The van der Waals surface area contributed by atoms with Crippen molar-refractivity contribution in [3.8, 4) is 22.8 Å². The molecule has 0 aliphatic heterocycles. The van der Waals surface area contributed by atoms with Crippen molar-refractivity contribution in [2.75, 3.05) is 19.4 Å². The summed E-state index contributed by atoms with van der Waals surface area (Å²) in [5.74, 6) is 1.89. The molecule has 0 N–H and O–H groups in total. The summed E-state index contributed by atoms with van der Waals surface area (Å²) in [6.07, 6.45) is 2.20. The first-order valence-corrected chi connectivity index (χ1v) is 11.2. The van der Waals surface area contributed by atoms with Gasteiger partial charge in [-0.1, -0.05) is 35.5 Å². The van der Waals surface area contributed by atoms with E-state index in [0.29, 0.717) is 27.8 Å². The van der Waals surface area contributed by atoms with Gasteiger partial charge < -0.3 is 9.64 Å². The number of rotatable bonds is 8. The van der Waals surface area contributed by atoms with Crippen molar-refractivity contribution < 1.29 is 9.53 Å². The van der Waals surface area contributed by atoms with Gasteiger partial charge in [-0.25, -0.2) is 0 Å². The molecule has 1 saturated carbocycles. The summed E-state index contributed by atoms with van der Waals surface area (Å²) in [7, 11) is 1.63. The molecule has 8 heteroatoms. The minimum Gasteiger partial charge on any atom is -0.497 e. The number of halogens is 1. The molecule has 0 spiro atoms. The molecule has 6 nitrogen and oxygen atoms in total. The number of amides is 1. The van der Waals surface area contributed by atoms with Crippen molar-refractivity contribution >= 4 is 29.3 Å². The van der Waals surface area contributed by atoms with Gasteiger partial charge in [-0.15, -0.1) is 10.2 Å². The second-order valence-corrected chi connectivity index (χ2v) is 8.43. The zero-order valence-electron chi connectivity index (χ0n) is 16.9. The number of thioether (sulfide) groups is 1. The first kappa shape index (κ1) is 20.8. The number of hydrogen-bond acceptors (Lipinski definition) is 5. The van der Waals surface area contributed by atoms with Gasteiger partial charge in [0.1, 0.15) is 5.75 Å². The molecule has 1 aliphatic rings. The summed E-state index contributed by atoms with van der Waals surface area (Å²) in [5.41, 5.74) is 1.76. The average molecular weight is 443 g/mol. The molecule has 4 rings (SSSR count). The van der Waals surface area contributed by atoms with Gasteiger partial charge in [0.15, 0.2) is 11.0 Å². The van der Waals surface area contributed by atoms with E-state index < -0.39 is 0 Å². The van der Waals surface area contributed by atoms with E-state index in [2.05, 4.69) is 10.2 Å². The van der Waals surface area contributed by atoms with E-state index in [-0.39, 0.29) is 5.91 Å². The first-order chi connectivity index (χ1) is 14.6. The van der Waals surface area contributed by atoms with Crippen molar-refractivity contribution in [1.29, 1.82) is 0 Å². The van der Waals surface area contributed by atoms with Gasteiger partial charge in [0.05, 0.1) is 12.9 Å². The van der Waals surface area contributed by atoms with Crippen LogP contribution >= 0.6 is 23.4 Å². The third kappa shape index (κ3) is 4.47. The SMILES string of the molecule is CCN(C(=O)CSc1nnc(-c2cccc(OC)c2)n1-c1ccc(Cl)cc1)C1CC1. The molecule has 1 amide bonds. The minimum atomic E-state index is 0.138. The van der Waals surface area contributed by atoms with Crippen LogP contribution in [0.4, 0.5) is 0 Å². The number of nitrogens with zero attached hydrogens (tertiary/aromatic N) is 4. The van der Waals surface area contributed by atoms with Crippen LogP contribution in [-0.2, 0) is 4.79 Å². The highest BCUT2D eigenvalue weighted by Crippen LogP contribution is 2.31. The first-order valence-electron chi connectivity index (χ1n) is 9.88. The summed E-state index contributed by atoms with van der Waals surface area (Å²) >= 11 is 7.49. The highest BCUT2D eigenvalue weighted by molar-refractivity contribution is 7.99. The molecule has 0 bridgehead atoms. The topological polar surface area (TPSA) is 60.3 Å². The number of carbonyl (C=O) groups is 1. The monoisotopic (exact) mass is 442 g/mol. The molecule has 1 heterocycles. The lowest BCUT2D eigenvalue weighted by Crippen LogP contribution is -2.34. The molecule has 2 aromatic carbocycles. The number of hydrogen-bond donors (Lipinski definition) is 0. The molecule has 30 heavy (non-hydrogen) atoms. The van der Waals surface area contributed by atoms with E-state index in [1.165, 1.54) is 11.8 Å². The van der Waals surface area contributed by atoms with Gasteiger partial charge in [0, 0.05) is 28.9 Å². The van der Waals surface area contributed by atoms with Crippen LogP contribution in [0.1, 0.15) is 19.8 Å². The molecule has 1 fully saturated rings. The van der Waals surface area contributed by atoms with Crippen LogP contribution in [0.2, 0.25) is 5.02 Å². The highest BCUT2D eigenvalue weighted by Gasteiger charge is 2.31. The van der Waals surface area contributed by atoms with Crippen LogP contribution in [0, 0.1) is 0 Å². The lowest BCUT2D eigenvalue weighted by Gasteiger charge is -2.20. The third-order valence-electron chi connectivity index (χ3n) is 5.02. The summed E-state index contributed by atoms with van der Waals surface area (Å²) in [6.45, 7) is 2.76. The molecule has 0 unspecified atom stereocenters. The Labute approximate surface area is 185 Å². The van der Waals surface area contributed by atoms with E-state index in [0.717, 1.165) is 36.4 Å². The molecule has 0 atom stereocenters. The maximum absolute atomic E-state index is 12.7. The summed E-state index contributed by atoms with van der Waals surface area (Å²) in [5, 5.41) is 10.1. The van der Waals surface area contributed by atoms with Gasteiger partial charge in [0.25, 0.3) is 0 Å². The van der Waals surface area contributed by atoms with Gasteiger partial charge in [-0.05, 0) is 56.2 Å². The number of methoxy groups -OCH3 is 1. The second-order valence-electron chi connectivity index (χ2n) is 7.05. The molecule has 1 aromatic heterocycles. The van der Waals surface area contributed by atoms with Crippen LogP contribution < -0.4 is 4.74 Å². The highest BCUT2D eigenvalue weighted by atomic mass is 35.5. The Morgan fingerprint density at radius 2 is 2.00 bits per heavy atom. The van der Waals surface area contributed by atoms with Crippen LogP contribution in [0.3, 0.4) is 0 Å². The largest absolute Gasteiger partial charge is 0.497 e. The van der Waals surface area contributed by atoms with E-state index >= 15 is 0 Å². The normalized spacial score (nSPS) is 13.3. The van der Waals surface area contributed by atoms with Crippen LogP contribution in [0.5, 0.6) is 5.75 Å². The van der Waals surface area contributed by atoms with Crippen LogP contribution in [0.25, 0.3) is 17.1 Å². The maximum atomic E-state index is 12.7. The lowest BCUT2D eigenvalue weighted by atomic mass is 10.2. The molecule has 1 aliphatic carbocycles. The molecular weight excluding hydrogens is 420 g/mol. The fourth-order valence-corrected chi connectivity index (χ4v) is 4.33. The van der Waals surface area contributed by atoms with Crippen molar-refractivity contribution in [3.63, 3.8) is 0 Å². The Balaban J connectivity index is 1.67. The summed E-state index contributed by atoms with van der Waals surface area (Å²) < 4.78 is 7.31. The zero-order chi connectivity index (χ0) is 21.1. The van der Waals surface area contributed by atoms with Crippen molar-refractivity contribution in [2.24, 2.45) is 0 Å². The number of carbonyl (C=O) groups excluding carboxylic acids is 1. The van der Waals surface area contributed by atoms with Crippen molar-refractivity contribution in [1.82, 2.24) is 19.7 Å². The zero-order valence-corrected chi connectivity index (χ0v) is 18.5. The molecule has 0 radical (unpaired) electrons. The predicted octanol–water partition coefficient (Wildman–Crippen LogP) is 4.70. The van der Waals surface area contributed by atoms with Gasteiger partial charge in [-0.3, -0.25) is 9.36 Å². The van der Waals surface area contributed by atoms with Gasteiger partial charge in [-0.2, -0.15) is 0 Å². The molecule has 0 saturated heterocycles. The lowest BCUT2D eigenvalue weighted by molar-refractivity contribution is -0.128. The molecule has 156 valence electrons. The summed E-state index contributed by atoms with van der Waals surface area (Å²) in [6, 6.07) is 15.6. The number of aromatic nitrogens is 3. The second kappa shape index (κ2) is 9.10. The van der Waals surface area contributed by atoms with E-state index in [1.54, 1.807) is 7.11 Å². The Bertz CT molecular complexity index is 1030. The standard InChI is InChI=1S/C22H23ClN4O2S/c1-3-26(17-11-12-17)20(28)14-30-22-25-24-21(15-5-4-6-19(13-15)29-2)27(22)18-9-7-16(23)8-10-18/h4-10,13,17H,3,11-12,14H2,1-2H3. The predicted molar refractivity (Wildman–Crippen MR) is 119 cm³/mol. The number of ether oxygens (including phenoxy) is 1. The Hall–Kier alpha value is -2.51. The maximum Gasteiger partial charge on any atom is 0.233 e. The third-order valence-corrected chi connectivity index (χ3v) is 6.19. The summed E-state index contributed by atoms with van der Waals surface area (Å²) in [4.78, 5) is 14.7. The Morgan fingerprint density at radius 1 is 1.23 bits per heavy atom. The minimum absolute atomic E-state index is 0.138. The van der Waals surface area contributed by atoms with Crippen LogP contribution in [-0.4, -0.2) is 51.0 Å². The average Bonchev–Trinajstić information content (AvgIpc) is 3.51. The van der Waals surface area contributed by atoms with E-state index in [1.807, 2.05) is 64.9 Å². The quantitative estimate of drug-likeness (QED) is 0.473. The molecular formula is C22H23ClN4O2S. The van der Waals surface area contributed by atoms with E-state index in [4.69, 9.17) is 16.3 Å². The van der Waals surface area contributed by atoms with Gasteiger partial charge in [0.2, 0.25) is 5.91 Å². The van der Waals surface area contributed by atoms with Crippen molar-refractivity contribution in [3.05, 3.63) is 53.6 Å². The van der Waals surface area contributed by atoms with E-state index in [9.17, 15) is 4.79 Å². The Kier molecular flexibility index (Phi) is 6.29. The van der Waals surface area contributed by atoms with Crippen molar-refractivity contribution in [2.45, 2.75) is 31.0 Å². The fraction of sp³-hybridized carbons (Fsp3) is 0.318.